The van der Waals surface area contributed by atoms with Gasteiger partial charge in [-0.1, -0.05) is 41.4 Å². The number of aliphatic hydroxyl groups excluding tert-OH is 1. The van der Waals surface area contributed by atoms with E-state index in [0.29, 0.717) is 35.2 Å². The summed E-state index contributed by atoms with van der Waals surface area (Å²) in [5, 5.41) is 13.3. The highest BCUT2D eigenvalue weighted by Gasteiger charge is 2.11. The van der Waals surface area contributed by atoms with Crippen LogP contribution in [0, 0.1) is 0 Å². The number of ether oxygens (including phenoxy) is 2. The van der Waals surface area contributed by atoms with E-state index in [1.54, 1.807) is 18.2 Å². The van der Waals surface area contributed by atoms with Crippen molar-refractivity contribution < 1.29 is 19.4 Å². The maximum absolute atomic E-state index is 11.8. The van der Waals surface area contributed by atoms with Crippen molar-refractivity contribution in [2.45, 2.75) is 18.9 Å². The van der Waals surface area contributed by atoms with Gasteiger partial charge in [-0.3, -0.25) is 4.79 Å². The first-order chi connectivity index (χ1) is 13.0. The van der Waals surface area contributed by atoms with Crippen LogP contribution in [0.15, 0.2) is 46.9 Å². The van der Waals surface area contributed by atoms with Gasteiger partial charge in [-0.05, 0) is 46.6 Å². The number of amides is 1. The van der Waals surface area contributed by atoms with Gasteiger partial charge in [0.05, 0.1) is 16.1 Å². The van der Waals surface area contributed by atoms with Gasteiger partial charge in [0.1, 0.15) is 29.2 Å². The number of carbonyl (C=O) groups is 1. The standard InChI is InChI=1S/C19H20BrCl2NO4/c20-14-5-1-2-7-16(14)26-10-4-9-18(25)23-11-13(24)12-27-17-8-3-6-15(21)19(17)22/h1-3,5-8,13,24H,4,9-12H2,(H,23,25). The van der Waals surface area contributed by atoms with Crippen LogP contribution < -0.4 is 14.8 Å². The maximum atomic E-state index is 11.8. The number of hydrogen-bond donors (Lipinski definition) is 2. The van der Waals surface area contributed by atoms with E-state index in [-0.39, 0.29) is 19.1 Å². The minimum Gasteiger partial charge on any atom is -0.492 e. The molecule has 0 spiro atoms. The number of carbonyl (C=O) groups excluding carboxylic acids is 1. The van der Waals surface area contributed by atoms with Gasteiger partial charge in [0, 0.05) is 13.0 Å². The summed E-state index contributed by atoms with van der Waals surface area (Å²) >= 11 is 15.3. The van der Waals surface area contributed by atoms with E-state index in [2.05, 4.69) is 21.2 Å². The number of hydrogen-bond acceptors (Lipinski definition) is 4. The molecule has 1 atom stereocenters. The first kappa shape index (κ1) is 21.8. The molecule has 0 radical (unpaired) electrons. The zero-order chi connectivity index (χ0) is 19.6. The number of aliphatic hydroxyl groups is 1. The SMILES string of the molecule is O=C(CCCOc1ccccc1Br)NCC(O)COc1cccc(Cl)c1Cl. The van der Waals surface area contributed by atoms with Gasteiger partial charge in [-0.15, -0.1) is 0 Å². The second-order valence-corrected chi connectivity index (χ2v) is 7.34. The Hall–Kier alpha value is -1.47. The summed E-state index contributed by atoms with van der Waals surface area (Å²) in [7, 11) is 0. The highest BCUT2D eigenvalue weighted by molar-refractivity contribution is 9.10. The third-order valence-corrected chi connectivity index (χ3v) is 4.98. The first-order valence-electron chi connectivity index (χ1n) is 8.36. The van der Waals surface area contributed by atoms with Crippen LogP contribution in [0.2, 0.25) is 10.0 Å². The zero-order valence-electron chi connectivity index (χ0n) is 14.5. The fraction of sp³-hybridized carbons (Fsp3) is 0.316. The number of para-hydroxylation sites is 1. The monoisotopic (exact) mass is 475 g/mol. The molecule has 0 heterocycles. The van der Waals surface area contributed by atoms with Crippen molar-refractivity contribution in [3.8, 4) is 11.5 Å². The average molecular weight is 477 g/mol. The summed E-state index contributed by atoms with van der Waals surface area (Å²) in [4.78, 5) is 11.8. The minimum absolute atomic E-state index is 0.00845. The van der Waals surface area contributed by atoms with E-state index in [9.17, 15) is 9.90 Å². The Morgan fingerprint density at radius 1 is 1.11 bits per heavy atom. The van der Waals surface area contributed by atoms with Crippen LogP contribution in [0.1, 0.15) is 12.8 Å². The molecular weight excluding hydrogens is 457 g/mol. The molecule has 0 aliphatic heterocycles. The predicted octanol–water partition coefficient (Wildman–Crippen LogP) is 4.47. The molecule has 0 aliphatic rings. The van der Waals surface area contributed by atoms with Gasteiger partial charge in [0.15, 0.2) is 0 Å². The van der Waals surface area contributed by atoms with Crippen LogP contribution in [-0.4, -0.2) is 36.9 Å². The van der Waals surface area contributed by atoms with Crippen LogP contribution in [0.5, 0.6) is 11.5 Å². The molecule has 0 saturated carbocycles. The molecule has 0 fully saturated rings. The number of halogens is 3. The first-order valence-corrected chi connectivity index (χ1v) is 9.91. The van der Waals surface area contributed by atoms with Gasteiger partial charge in [-0.25, -0.2) is 0 Å². The van der Waals surface area contributed by atoms with Crippen molar-refractivity contribution in [2.75, 3.05) is 19.8 Å². The van der Waals surface area contributed by atoms with Gasteiger partial charge in [-0.2, -0.15) is 0 Å². The summed E-state index contributed by atoms with van der Waals surface area (Å²) in [6.45, 7) is 0.503. The third-order valence-electron chi connectivity index (χ3n) is 3.52. The Kier molecular flexibility index (Phi) is 9.21. The molecule has 5 nitrogen and oxygen atoms in total. The second kappa shape index (κ2) is 11.4. The Morgan fingerprint density at radius 2 is 1.85 bits per heavy atom. The molecule has 0 saturated heterocycles. The third kappa shape index (κ3) is 7.58. The fourth-order valence-electron chi connectivity index (χ4n) is 2.14. The molecule has 0 bridgehead atoms. The lowest BCUT2D eigenvalue weighted by atomic mass is 10.3. The molecule has 2 aromatic carbocycles. The summed E-state index contributed by atoms with van der Waals surface area (Å²) in [6, 6.07) is 12.5. The Balaban J connectivity index is 1.60. The lowest BCUT2D eigenvalue weighted by Crippen LogP contribution is -2.35. The largest absolute Gasteiger partial charge is 0.492 e. The lowest BCUT2D eigenvalue weighted by molar-refractivity contribution is -0.121. The molecule has 27 heavy (non-hydrogen) atoms. The van der Waals surface area contributed by atoms with Crippen molar-refractivity contribution in [3.63, 3.8) is 0 Å². The molecule has 2 aromatic rings. The van der Waals surface area contributed by atoms with Crippen LogP contribution in [0.25, 0.3) is 0 Å². The van der Waals surface area contributed by atoms with Crippen molar-refractivity contribution >= 4 is 45.0 Å². The van der Waals surface area contributed by atoms with Gasteiger partial charge >= 0.3 is 0 Å². The second-order valence-electron chi connectivity index (χ2n) is 5.70. The smallest absolute Gasteiger partial charge is 0.220 e. The number of benzene rings is 2. The van der Waals surface area contributed by atoms with Gasteiger partial charge in [0.2, 0.25) is 5.91 Å². The van der Waals surface area contributed by atoms with Gasteiger partial charge < -0.3 is 19.9 Å². The normalized spacial score (nSPS) is 11.7. The Bertz CT molecular complexity index is 760. The highest BCUT2D eigenvalue weighted by Crippen LogP contribution is 2.31. The molecule has 0 aromatic heterocycles. The molecule has 146 valence electrons. The summed E-state index contributed by atoms with van der Waals surface area (Å²) in [5.74, 6) is 0.967. The number of rotatable bonds is 10. The summed E-state index contributed by atoms with van der Waals surface area (Å²) in [5.41, 5.74) is 0. The van der Waals surface area contributed by atoms with E-state index in [0.717, 1.165) is 10.2 Å². The van der Waals surface area contributed by atoms with Crippen LogP contribution >= 0.6 is 39.1 Å². The molecule has 2 N–H and O–H groups in total. The van der Waals surface area contributed by atoms with E-state index in [1.165, 1.54) is 0 Å². The van der Waals surface area contributed by atoms with Crippen molar-refractivity contribution in [2.24, 2.45) is 0 Å². The van der Waals surface area contributed by atoms with E-state index in [4.69, 9.17) is 32.7 Å². The van der Waals surface area contributed by atoms with Crippen molar-refractivity contribution in [1.29, 1.82) is 0 Å². The summed E-state index contributed by atoms with van der Waals surface area (Å²) in [6.07, 6.45) is 0.0104. The predicted molar refractivity (Wildman–Crippen MR) is 110 cm³/mol. The average Bonchev–Trinajstić information content (AvgIpc) is 2.66. The molecule has 2 rings (SSSR count). The van der Waals surface area contributed by atoms with E-state index >= 15 is 0 Å². The molecule has 1 unspecified atom stereocenters. The Labute approximate surface area is 176 Å². The zero-order valence-corrected chi connectivity index (χ0v) is 17.6. The van der Waals surface area contributed by atoms with Crippen molar-refractivity contribution in [3.05, 3.63) is 57.0 Å². The fourth-order valence-corrected chi connectivity index (χ4v) is 2.88. The number of nitrogens with one attached hydrogen (secondary N) is 1. The highest BCUT2D eigenvalue weighted by atomic mass is 79.9. The maximum Gasteiger partial charge on any atom is 0.220 e. The minimum atomic E-state index is -0.861. The van der Waals surface area contributed by atoms with Gasteiger partial charge in [0.25, 0.3) is 0 Å². The Morgan fingerprint density at radius 3 is 2.63 bits per heavy atom. The van der Waals surface area contributed by atoms with Crippen LogP contribution in [0.3, 0.4) is 0 Å². The van der Waals surface area contributed by atoms with E-state index in [1.807, 2.05) is 24.3 Å². The molecule has 0 aliphatic carbocycles. The van der Waals surface area contributed by atoms with Crippen molar-refractivity contribution in [1.82, 2.24) is 5.32 Å². The summed E-state index contributed by atoms with van der Waals surface area (Å²) < 4.78 is 11.9. The molecule has 8 heteroatoms. The lowest BCUT2D eigenvalue weighted by Gasteiger charge is -2.14. The van der Waals surface area contributed by atoms with Crippen LogP contribution in [-0.2, 0) is 4.79 Å². The van der Waals surface area contributed by atoms with E-state index < -0.39 is 6.10 Å². The molecular formula is C19H20BrCl2NO4. The topological polar surface area (TPSA) is 67.8 Å². The quantitative estimate of drug-likeness (QED) is 0.496. The molecule has 1 amide bonds. The van der Waals surface area contributed by atoms with Crippen LogP contribution in [0.4, 0.5) is 0 Å².